The summed E-state index contributed by atoms with van der Waals surface area (Å²) >= 11 is 0. The molecule has 1 aromatic heterocycles. The lowest BCUT2D eigenvalue weighted by Crippen LogP contribution is -2.24. The molecule has 0 unspecified atom stereocenters. The van der Waals surface area contributed by atoms with Crippen LogP contribution in [0.15, 0.2) is 58.8 Å². The molecule has 0 spiro atoms. The summed E-state index contributed by atoms with van der Waals surface area (Å²) in [6.07, 6.45) is 2.18. The van der Waals surface area contributed by atoms with Crippen molar-refractivity contribution in [3.05, 3.63) is 64.2 Å². The number of hydrogen-bond donors (Lipinski definition) is 3. The summed E-state index contributed by atoms with van der Waals surface area (Å²) in [7, 11) is 0. The summed E-state index contributed by atoms with van der Waals surface area (Å²) in [5.74, 6) is -0.919. The maximum absolute atomic E-state index is 12.0. The van der Waals surface area contributed by atoms with E-state index < -0.39 is 10.8 Å². The third kappa shape index (κ3) is 5.72. The van der Waals surface area contributed by atoms with Gasteiger partial charge in [0.1, 0.15) is 0 Å². The number of hydrogen-bond acceptors (Lipinski definition) is 6. The third-order valence-electron chi connectivity index (χ3n) is 4.60. The molecule has 3 N–H and O–H groups in total. The molecule has 10 nitrogen and oxygen atoms in total. The fraction of sp³-hybridized carbons (Fsp3) is 0.238. The van der Waals surface area contributed by atoms with E-state index in [9.17, 15) is 24.8 Å². The van der Waals surface area contributed by atoms with Crippen LogP contribution in [0.5, 0.6) is 5.88 Å². The maximum atomic E-state index is 12.0. The van der Waals surface area contributed by atoms with Gasteiger partial charge in [-0.1, -0.05) is 24.6 Å². The molecule has 31 heavy (non-hydrogen) atoms. The number of azo groups is 1. The minimum absolute atomic E-state index is 0.0179. The number of carbonyl (C=O) groups is 2. The molecule has 160 valence electrons. The first kappa shape index (κ1) is 21.6. The van der Waals surface area contributed by atoms with Crippen molar-refractivity contribution in [2.75, 3.05) is 6.54 Å². The van der Waals surface area contributed by atoms with Gasteiger partial charge in [-0.05, 0) is 31.0 Å². The number of amides is 2. The van der Waals surface area contributed by atoms with Crippen LogP contribution in [0, 0.1) is 10.1 Å². The number of rotatable bonds is 9. The minimum Gasteiger partial charge on any atom is -0.493 e. The second-order valence-corrected chi connectivity index (χ2v) is 6.84. The Morgan fingerprint density at radius 3 is 2.61 bits per heavy atom. The molecular weight excluding hydrogens is 402 g/mol. The van der Waals surface area contributed by atoms with E-state index in [4.69, 9.17) is 0 Å². The molecule has 0 radical (unpaired) electrons. The van der Waals surface area contributed by atoms with E-state index in [2.05, 4.69) is 20.5 Å². The van der Waals surface area contributed by atoms with Crippen LogP contribution in [0.1, 0.15) is 36.0 Å². The minimum atomic E-state index is -0.558. The van der Waals surface area contributed by atoms with Crippen LogP contribution in [0.25, 0.3) is 10.9 Å². The van der Waals surface area contributed by atoms with Crippen molar-refractivity contribution in [2.24, 2.45) is 10.2 Å². The molecule has 3 aromatic rings. The van der Waals surface area contributed by atoms with Crippen molar-refractivity contribution in [2.45, 2.75) is 25.7 Å². The number of benzene rings is 2. The molecule has 2 aromatic carbocycles. The van der Waals surface area contributed by atoms with E-state index in [-0.39, 0.29) is 29.6 Å². The topological polar surface area (TPSA) is 150 Å². The lowest BCUT2D eigenvalue weighted by molar-refractivity contribution is -0.384. The standard InChI is InChI=1S/C21H21N5O5/c27-18(9-5-2-6-12-22-20(28)14-7-3-1-4-8-14)24-25-19-16-13-15(26(30)31)10-11-17(16)23-21(19)29/h1,3-4,7-8,10-11,13,23,29H,2,5-6,9,12H2,(H,22,28). The Morgan fingerprint density at radius 2 is 1.87 bits per heavy atom. The molecule has 0 fully saturated rings. The van der Waals surface area contributed by atoms with Crippen LogP contribution in [-0.4, -0.2) is 33.4 Å². The Kier molecular flexibility index (Phi) is 7.05. The zero-order chi connectivity index (χ0) is 22.2. The first-order valence-electron chi connectivity index (χ1n) is 9.72. The third-order valence-corrected chi connectivity index (χ3v) is 4.60. The number of nitrogens with one attached hydrogen (secondary N) is 2. The van der Waals surface area contributed by atoms with E-state index >= 15 is 0 Å². The van der Waals surface area contributed by atoms with Crippen molar-refractivity contribution in [3.63, 3.8) is 0 Å². The summed E-state index contributed by atoms with van der Waals surface area (Å²) in [5, 5.41) is 31.4. The molecule has 0 aliphatic rings. The van der Waals surface area contributed by atoms with E-state index in [1.54, 1.807) is 24.3 Å². The van der Waals surface area contributed by atoms with Crippen LogP contribution in [0.4, 0.5) is 11.4 Å². The van der Waals surface area contributed by atoms with Gasteiger partial charge in [0, 0.05) is 36.0 Å². The van der Waals surface area contributed by atoms with Crippen molar-refractivity contribution in [3.8, 4) is 5.88 Å². The highest BCUT2D eigenvalue weighted by atomic mass is 16.6. The summed E-state index contributed by atoms with van der Waals surface area (Å²) in [4.78, 5) is 36.9. The average Bonchev–Trinajstić information content (AvgIpc) is 3.09. The van der Waals surface area contributed by atoms with Gasteiger partial charge in [-0.25, -0.2) is 0 Å². The van der Waals surface area contributed by atoms with Gasteiger partial charge >= 0.3 is 0 Å². The number of fused-ring (bicyclic) bond motifs is 1. The summed E-state index contributed by atoms with van der Waals surface area (Å²) in [6, 6.07) is 12.9. The Morgan fingerprint density at radius 1 is 1.10 bits per heavy atom. The van der Waals surface area contributed by atoms with Gasteiger partial charge in [-0.15, -0.1) is 10.2 Å². The normalized spacial score (nSPS) is 11.1. The van der Waals surface area contributed by atoms with Crippen molar-refractivity contribution >= 4 is 34.1 Å². The Balaban J connectivity index is 1.45. The van der Waals surface area contributed by atoms with Crippen LogP contribution in [0.2, 0.25) is 0 Å². The van der Waals surface area contributed by atoms with Crippen LogP contribution in [0.3, 0.4) is 0 Å². The number of nitro benzene ring substituents is 1. The maximum Gasteiger partial charge on any atom is 0.270 e. The van der Waals surface area contributed by atoms with Gasteiger partial charge in [0.2, 0.25) is 5.88 Å². The molecule has 0 bridgehead atoms. The second kappa shape index (κ2) is 10.1. The molecule has 10 heteroatoms. The molecule has 0 aliphatic carbocycles. The number of nitro groups is 1. The zero-order valence-corrected chi connectivity index (χ0v) is 16.6. The predicted molar refractivity (Wildman–Crippen MR) is 113 cm³/mol. The quantitative estimate of drug-likeness (QED) is 0.202. The van der Waals surface area contributed by atoms with Crippen molar-refractivity contribution < 1.29 is 19.6 Å². The number of H-pyrrole nitrogens is 1. The summed E-state index contributed by atoms with van der Waals surface area (Å²) < 4.78 is 0. The molecule has 1 heterocycles. The number of aromatic nitrogens is 1. The number of aromatic amines is 1. The smallest absolute Gasteiger partial charge is 0.270 e. The predicted octanol–water partition coefficient (Wildman–Crippen LogP) is 4.38. The number of unbranched alkanes of at least 4 members (excludes halogenated alkanes) is 2. The van der Waals surface area contributed by atoms with Crippen molar-refractivity contribution in [1.29, 1.82) is 0 Å². The summed E-state index contributed by atoms with van der Waals surface area (Å²) in [6.45, 7) is 0.505. The SMILES string of the molecule is O=C(CCCCCNC(=O)c1ccccc1)N=Nc1c(O)[nH]c2ccc([N+](=O)[O-])cc12. The van der Waals surface area contributed by atoms with E-state index in [0.717, 1.165) is 12.8 Å². The average molecular weight is 423 g/mol. The highest BCUT2D eigenvalue weighted by Crippen LogP contribution is 2.37. The largest absolute Gasteiger partial charge is 0.493 e. The lowest BCUT2D eigenvalue weighted by Gasteiger charge is -2.04. The van der Waals surface area contributed by atoms with Gasteiger partial charge in [0.05, 0.1) is 10.4 Å². The first-order valence-corrected chi connectivity index (χ1v) is 9.72. The van der Waals surface area contributed by atoms with Gasteiger partial charge < -0.3 is 15.4 Å². The van der Waals surface area contributed by atoms with Crippen molar-refractivity contribution in [1.82, 2.24) is 10.3 Å². The molecule has 2 amide bonds. The molecule has 0 saturated heterocycles. The second-order valence-electron chi connectivity index (χ2n) is 6.84. The van der Waals surface area contributed by atoms with E-state index in [0.29, 0.717) is 29.4 Å². The summed E-state index contributed by atoms with van der Waals surface area (Å²) in [5.41, 5.74) is 0.871. The Bertz CT molecular complexity index is 1120. The molecule has 3 rings (SSSR count). The van der Waals surface area contributed by atoms with Crippen LogP contribution < -0.4 is 5.32 Å². The van der Waals surface area contributed by atoms with Gasteiger partial charge in [0.25, 0.3) is 17.5 Å². The molecule has 0 atom stereocenters. The number of aromatic hydroxyl groups is 1. The van der Waals surface area contributed by atoms with Crippen LogP contribution in [-0.2, 0) is 4.79 Å². The fourth-order valence-electron chi connectivity index (χ4n) is 2.99. The lowest BCUT2D eigenvalue weighted by atomic mass is 10.2. The Hall–Kier alpha value is -4.08. The number of nitrogens with zero attached hydrogens (tertiary/aromatic N) is 3. The Labute approximate surface area is 177 Å². The van der Waals surface area contributed by atoms with Gasteiger partial charge in [-0.3, -0.25) is 19.7 Å². The first-order chi connectivity index (χ1) is 15.0. The zero-order valence-electron chi connectivity index (χ0n) is 16.6. The van der Waals surface area contributed by atoms with Gasteiger partial charge in [0.15, 0.2) is 5.69 Å². The van der Waals surface area contributed by atoms with E-state index in [1.807, 2.05) is 6.07 Å². The highest BCUT2D eigenvalue weighted by molar-refractivity contribution is 5.96. The monoisotopic (exact) mass is 423 g/mol. The fourth-order valence-corrected chi connectivity index (χ4v) is 2.99. The molecular formula is C21H21N5O5. The highest BCUT2D eigenvalue weighted by Gasteiger charge is 2.15. The van der Waals surface area contributed by atoms with Crippen LogP contribution >= 0.6 is 0 Å². The molecule has 0 aliphatic heterocycles. The molecule has 0 saturated carbocycles. The number of carbonyl (C=O) groups excluding carboxylic acids is 2. The van der Waals surface area contributed by atoms with E-state index in [1.165, 1.54) is 18.2 Å². The number of non-ortho nitro benzene ring substituents is 1. The van der Waals surface area contributed by atoms with Gasteiger partial charge in [-0.2, -0.15) is 0 Å².